The molecule has 1 aliphatic heterocycles. The molecule has 11 heteroatoms. The van der Waals surface area contributed by atoms with Gasteiger partial charge in [0.25, 0.3) is 0 Å². The normalized spacial score (nSPS) is 16.4. The van der Waals surface area contributed by atoms with Gasteiger partial charge >= 0.3 is 6.18 Å². The molecule has 5 rings (SSSR count). The van der Waals surface area contributed by atoms with Crippen molar-refractivity contribution in [3.63, 3.8) is 0 Å². The Morgan fingerprint density at radius 2 is 1.94 bits per heavy atom. The molecule has 0 saturated carbocycles. The fourth-order valence-corrected chi connectivity index (χ4v) is 4.28. The first-order valence-corrected chi connectivity index (χ1v) is 11.3. The van der Waals surface area contributed by atoms with Gasteiger partial charge in [0.15, 0.2) is 5.69 Å². The average molecular weight is 483 g/mol. The summed E-state index contributed by atoms with van der Waals surface area (Å²) in [6.07, 6.45) is 2.57. The summed E-state index contributed by atoms with van der Waals surface area (Å²) < 4.78 is 50.4. The van der Waals surface area contributed by atoms with E-state index in [0.29, 0.717) is 28.7 Å². The van der Waals surface area contributed by atoms with Crippen LogP contribution >= 0.6 is 0 Å². The summed E-state index contributed by atoms with van der Waals surface area (Å²) in [6.45, 7) is 1.78. The number of aromatic nitrogens is 6. The van der Waals surface area contributed by atoms with E-state index in [2.05, 4.69) is 25.6 Å². The number of ether oxygens (including phenoxy) is 1. The maximum Gasteiger partial charge on any atom is 0.435 e. The number of pyridine rings is 1. The highest BCUT2D eigenvalue weighted by Crippen LogP contribution is 2.37. The molecule has 0 spiro atoms. The monoisotopic (exact) mass is 483 g/mol. The van der Waals surface area contributed by atoms with Crippen LogP contribution in [0.15, 0.2) is 55.1 Å². The molecule has 1 saturated heterocycles. The van der Waals surface area contributed by atoms with E-state index < -0.39 is 11.9 Å². The predicted molar refractivity (Wildman–Crippen MR) is 123 cm³/mol. The number of hydrogen-bond acceptors (Lipinski definition) is 6. The summed E-state index contributed by atoms with van der Waals surface area (Å²) in [6, 6.07) is 10.1. The van der Waals surface area contributed by atoms with Gasteiger partial charge in [0.2, 0.25) is 0 Å². The van der Waals surface area contributed by atoms with E-state index >= 15 is 0 Å². The zero-order chi connectivity index (χ0) is 24.4. The van der Waals surface area contributed by atoms with Gasteiger partial charge in [-0.1, -0.05) is 17.3 Å². The molecular weight excluding hydrogens is 459 g/mol. The molecule has 35 heavy (non-hydrogen) atoms. The van der Waals surface area contributed by atoms with Crippen molar-refractivity contribution in [2.75, 3.05) is 20.2 Å². The molecule has 3 aromatic heterocycles. The zero-order valence-corrected chi connectivity index (χ0v) is 19.0. The summed E-state index contributed by atoms with van der Waals surface area (Å²) in [4.78, 5) is 8.78. The number of piperidine rings is 1. The van der Waals surface area contributed by atoms with Gasteiger partial charge in [-0.3, -0.25) is 4.98 Å². The van der Waals surface area contributed by atoms with Crippen LogP contribution in [0.3, 0.4) is 0 Å². The van der Waals surface area contributed by atoms with Crippen LogP contribution in [-0.2, 0) is 12.7 Å². The second-order valence-electron chi connectivity index (χ2n) is 8.43. The molecule has 1 atom stereocenters. The van der Waals surface area contributed by atoms with Gasteiger partial charge in [-0.2, -0.15) is 13.2 Å². The highest BCUT2D eigenvalue weighted by Gasteiger charge is 2.40. The first kappa shape index (κ1) is 23.0. The van der Waals surface area contributed by atoms with Gasteiger partial charge in [0, 0.05) is 30.5 Å². The van der Waals surface area contributed by atoms with Gasteiger partial charge in [0.1, 0.15) is 17.1 Å². The SMILES string of the molecule is COc1ccc(Cn2nnc(-c3ccnc(-c4cn([C@@H]5CCCNC5)cn4)c3)c2C(F)(F)F)cc1. The number of alkyl halides is 3. The number of nitrogens with zero attached hydrogens (tertiary/aromatic N) is 6. The lowest BCUT2D eigenvalue weighted by molar-refractivity contribution is -0.143. The van der Waals surface area contributed by atoms with Gasteiger partial charge in [0.05, 0.1) is 25.7 Å². The van der Waals surface area contributed by atoms with Gasteiger partial charge in [-0.15, -0.1) is 5.10 Å². The molecule has 0 radical (unpaired) electrons. The number of halogens is 3. The lowest BCUT2D eigenvalue weighted by atomic mass is 10.1. The third kappa shape index (κ3) is 4.90. The van der Waals surface area contributed by atoms with Crippen molar-refractivity contribution in [1.29, 1.82) is 0 Å². The van der Waals surface area contributed by atoms with Crippen LogP contribution in [0.5, 0.6) is 5.75 Å². The Balaban J connectivity index is 1.46. The van der Waals surface area contributed by atoms with Crippen LogP contribution < -0.4 is 10.1 Å². The van der Waals surface area contributed by atoms with Crippen LogP contribution in [0.1, 0.15) is 30.1 Å². The standard InChI is InChI=1S/C24H24F3N7O/c1-35-19-6-4-16(5-7-19)13-34-23(24(25,26)27)22(31-32-34)17-8-10-29-20(11-17)21-14-33(15-30-21)18-3-2-9-28-12-18/h4-8,10-11,14-15,18,28H,2-3,9,12-13H2,1H3/t18-/m1/s1. The number of imidazole rings is 1. The fourth-order valence-electron chi connectivity index (χ4n) is 4.28. The second-order valence-corrected chi connectivity index (χ2v) is 8.43. The Labute approximate surface area is 199 Å². The van der Waals surface area contributed by atoms with Crippen molar-refractivity contribution in [3.8, 4) is 28.4 Å². The molecule has 1 aliphatic rings. The van der Waals surface area contributed by atoms with Gasteiger partial charge in [-0.25, -0.2) is 9.67 Å². The molecule has 8 nitrogen and oxygen atoms in total. The number of nitrogens with one attached hydrogen (secondary N) is 1. The van der Waals surface area contributed by atoms with E-state index in [1.165, 1.54) is 19.4 Å². The zero-order valence-electron chi connectivity index (χ0n) is 19.0. The van der Waals surface area contributed by atoms with Crippen molar-refractivity contribution < 1.29 is 17.9 Å². The molecule has 4 heterocycles. The van der Waals surface area contributed by atoms with Crippen LogP contribution in [0.4, 0.5) is 13.2 Å². The van der Waals surface area contributed by atoms with Gasteiger partial charge < -0.3 is 14.6 Å². The van der Waals surface area contributed by atoms with E-state index in [-0.39, 0.29) is 17.8 Å². The summed E-state index contributed by atoms with van der Waals surface area (Å²) in [5.41, 5.74) is 0.831. The van der Waals surface area contributed by atoms with Crippen molar-refractivity contribution >= 4 is 0 Å². The maximum atomic E-state index is 14.1. The molecule has 0 aliphatic carbocycles. The van der Waals surface area contributed by atoms with Crippen LogP contribution in [0.25, 0.3) is 22.6 Å². The highest BCUT2D eigenvalue weighted by atomic mass is 19.4. The quantitative estimate of drug-likeness (QED) is 0.443. The third-order valence-electron chi connectivity index (χ3n) is 6.08. The topological polar surface area (TPSA) is 82.7 Å². The Kier molecular flexibility index (Phi) is 6.25. The Bertz CT molecular complexity index is 1290. The van der Waals surface area contributed by atoms with Crippen molar-refractivity contribution in [2.45, 2.75) is 31.6 Å². The fraction of sp³-hybridized carbons (Fsp3) is 0.333. The van der Waals surface area contributed by atoms with E-state index in [4.69, 9.17) is 4.74 Å². The second kappa shape index (κ2) is 9.49. The summed E-state index contributed by atoms with van der Waals surface area (Å²) in [5.74, 6) is 0.621. The van der Waals surface area contributed by atoms with Crippen molar-refractivity contribution in [2.24, 2.45) is 0 Å². The largest absolute Gasteiger partial charge is 0.497 e. The molecule has 1 N–H and O–H groups in total. The van der Waals surface area contributed by atoms with Crippen LogP contribution in [0, 0.1) is 0 Å². The highest BCUT2D eigenvalue weighted by molar-refractivity contribution is 5.68. The molecular formula is C24H24F3N7O. The molecule has 182 valence electrons. The van der Waals surface area contributed by atoms with E-state index in [1.54, 1.807) is 36.7 Å². The van der Waals surface area contributed by atoms with Crippen molar-refractivity contribution in [3.05, 3.63) is 66.4 Å². The minimum Gasteiger partial charge on any atom is -0.497 e. The lowest BCUT2D eigenvalue weighted by Gasteiger charge is -2.23. The van der Waals surface area contributed by atoms with E-state index in [1.807, 2.05) is 10.8 Å². The van der Waals surface area contributed by atoms with E-state index in [9.17, 15) is 13.2 Å². The minimum absolute atomic E-state index is 0.0798. The lowest BCUT2D eigenvalue weighted by Crippen LogP contribution is -2.31. The summed E-state index contributed by atoms with van der Waals surface area (Å²) in [7, 11) is 1.53. The molecule has 1 fully saturated rings. The summed E-state index contributed by atoms with van der Waals surface area (Å²) >= 11 is 0. The number of rotatable bonds is 6. The van der Waals surface area contributed by atoms with E-state index in [0.717, 1.165) is 30.6 Å². The molecule has 1 aromatic carbocycles. The number of hydrogen-bond donors (Lipinski definition) is 1. The molecule has 0 bridgehead atoms. The smallest absolute Gasteiger partial charge is 0.435 e. The Morgan fingerprint density at radius 1 is 1.11 bits per heavy atom. The van der Waals surface area contributed by atoms with Crippen LogP contribution in [0.2, 0.25) is 0 Å². The Morgan fingerprint density at radius 3 is 2.66 bits per heavy atom. The molecule has 4 aromatic rings. The molecule has 0 amide bonds. The van der Waals surface area contributed by atoms with Crippen molar-refractivity contribution in [1.82, 2.24) is 34.8 Å². The predicted octanol–water partition coefficient (Wildman–Crippen LogP) is 4.20. The Hall–Kier alpha value is -3.73. The van der Waals surface area contributed by atoms with Gasteiger partial charge in [-0.05, 0) is 49.2 Å². The first-order valence-electron chi connectivity index (χ1n) is 11.3. The number of benzene rings is 1. The average Bonchev–Trinajstić information content (AvgIpc) is 3.53. The first-order chi connectivity index (χ1) is 16.9. The molecule has 0 unspecified atom stereocenters. The third-order valence-corrected chi connectivity index (χ3v) is 6.08. The number of methoxy groups -OCH3 is 1. The maximum absolute atomic E-state index is 14.1. The van der Waals surface area contributed by atoms with Crippen LogP contribution in [-0.4, -0.2) is 49.7 Å². The summed E-state index contributed by atoms with van der Waals surface area (Å²) in [5, 5.41) is 11.1. The minimum atomic E-state index is -4.65.